The van der Waals surface area contributed by atoms with E-state index < -0.39 is 0 Å². The molecule has 4 heteroatoms. The molecular formula is C16H12ClNOS. The van der Waals surface area contributed by atoms with Crippen molar-refractivity contribution in [3.63, 3.8) is 0 Å². The van der Waals surface area contributed by atoms with E-state index in [4.69, 9.17) is 11.6 Å². The average Bonchev–Trinajstić information content (AvgIpc) is 2.44. The van der Waals surface area contributed by atoms with Gasteiger partial charge in [-0.05, 0) is 37.3 Å². The Morgan fingerprint density at radius 2 is 1.85 bits per heavy atom. The molecule has 2 aromatic carbocycles. The summed E-state index contributed by atoms with van der Waals surface area (Å²) in [6, 6.07) is 13.4. The van der Waals surface area contributed by atoms with Crippen LogP contribution in [0.25, 0.3) is 0 Å². The Kier molecular flexibility index (Phi) is 3.32. The van der Waals surface area contributed by atoms with Gasteiger partial charge in [0.25, 0.3) is 5.91 Å². The number of benzene rings is 2. The van der Waals surface area contributed by atoms with Gasteiger partial charge < -0.3 is 0 Å². The number of carbonyl (C=O) groups excluding carboxylic acids is 1. The third-order valence-electron chi connectivity index (χ3n) is 3.06. The summed E-state index contributed by atoms with van der Waals surface area (Å²) in [7, 11) is 0. The summed E-state index contributed by atoms with van der Waals surface area (Å²) in [5, 5.41) is 0.614. The lowest BCUT2D eigenvalue weighted by Gasteiger charge is -2.31. The van der Waals surface area contributed by atoms with Crippen molar-refractivity contribution in [2.75, 3.05) is 4.90 Å². The number of amides is 1. The van der Waals surface area contributed by atoms with Gasteiger partial charge in [0.2, 0.25) is 0 Å². The SMILES string of the molecule is C=C(C)C(=O)N1c2ccccc2Sc2ccc(Cl)cc21. The molecule has 0 saturated carbocycles. The highest BCUT2D eigenvalue weighted by Crippen LogP contribution is 2.49. The predicted molar refractivity (Wildman–Crippen MR) is 84.0 cm³/mol. The number of nitrogens with zero attached hydrogens (tertiary/aromatic N) is 1. The smallest absolute Gasteiger partial charge is 0.257 e. The summed E-state index contributed by atoms with van der Waals surface area (Å²) in [4.78, 5) is 16.3. The van der Waals surface area contributed by atoms with E-state index in [0.717, 1.165) is 21.2 Å². The van der Waals surface area contributed by atoms with Crippen LogP contribution in [0.1, 0.15) is 6.92 Å². The summed E-state index contributed by atoms with van der Waals surface area (Å²) in [6.45, 7) is 5.49. The third kappa shape index (κ3) is 2.13. The summed E-state index contributed by atoms with van der Waals surface area (Å²) in [6.07, 6.45) is 0. The monoisotopic (exact) mass is 301 g/mol. The van der Waals surface area contributed by atoms with Gasteiger partial charge in [0.15, 0.2) is 0 Å². The van der Waals surface area contributed by atoms with Gasteiger partial charge in [-0.3, -0.25) is 9.69 Å². The molecule has 2 aromatic rings. The number of halogens is 1. The number of hydrogen-bond acceptors (Lipinski definition) is 2. The van der Waals surface area contributed by atoms with Crippen molar-refractivity contribution in [1.29, 1.82) is 0 Å². The van der Waals surface area contributed by atoms with E-state index in [9.17, 15) is 4.79 Å². The van der Waals surface area contributed by atoms with Crippen molar-refractivity contribution in [2.45, 2.75) is 16.7 Å². The van der Waals surface area contributed by atoms with E-state index in [1.54, 1.807) is 23.6 Å². The Morgan fingerprint density at radius 3 is 2.60 bits per heavy atom. The van der Waals surface area contributed by atoms with Crippen LogP contribution in [0, 0.1) is 0 Å². The lowest BCUT2D eigenvalue weighted by Crippen LogP contribution is -2.28. The lowest BCUT2D eigenvalue weighted by molar-refractivity contribution is -0.114. The van der Waals surface area contributed by atoms with Gasteiger partial charge in [-0.1, -0.05) is 42.1 Å². The molecule has 0 fully saturated rings. The number of rotatable bonds is 1. The molecule has 1 heterocycles. The molecule has 0 unspecified atom stereocenters. The lowest BCUT2D eigenvalue weighted by atomic mass is 10.2. The van der Waals surface area contributed by atoms with E-state index >= 15 is 0 Å². The molecule has 20 heavy (non-hydrogen) atoms. The van der Waals surface area contributed by atoms with Crippen LogP contribution in [0.15, 0.2) is 64.4 Å². The molecular weight excluding hydrogens is 290 g/mol. The van der Waals surface area contributed by atoms with Gasteiger partial charge in [0.1, 0.15) is 0 Å². The topological polar surface area (TPSA) is 20.3 Å². The first kappa shape index (κ1) is 13.3. The maximum atomic E-state index is 12.5. The highest BCUT2D eigenvalue weighted by Gasteiger charge is 2.28. The fourth-order valence-electron chi connectivity index (χ4n) is 2.14. The molecule has 0 bridgehead atoms. The van der Waals surface area contributed by atoms with Crippen LogP contribution in [0.3, 0.4) is 0 Å². The maximum absolute atomic E-state index is 12.5. The second-order valence-corrected chi connectivity index (χ2v) is 6.12. The zero-order chi connectivity index (χ0) is 14.3. The number of hydrogen-bond donors (Lipinski definition) is 0. The molecule has 0 saturated heterocycles. The van der Waals surface area contributed by atoms with E-state index in [0.29, 0.717) is 10.6 Å². The molecule has 3 rings (SSSR count). The van der Waals surface area contributed by atoms with Gasteiger partial charge in [0, 0.05) is 20.4 Å². The highest BCUT2D eigenvalue weighted by molar-refractivity contribution is 7.99. The minimum atomic E-state index is -0.110. The minimum absolute atomic E-state index is 0.110. The first-order chi connectivity index (χ1) is 9.58. The van der Waals surface area contributed by atoms with Crippen molar-refractivity contribution in [2.24, 2.45) is 0 Å². The zero-order valence-electron chi connectivity index (χ0n) is 10.9. The molecule has 1 amide bonds. The molecule has 1 aliphatic heterocycles. The minimum Gasteiger partial charge on any atom is -0.275 e. The molecule has 1 aliphatic rings. The van der Waals surface area contributed by atoms with E-state index in [2.05, 4.69) is 6.58 Å². The van der Waals surface area contributed by atoms with Gasteiger partial charge >= 0.3 is 0 Å². The van der Waals surface area contributed by atoms with Crippen molar-refractivity contribution in [3.05, 3.63) is 59.6 Å². The van der Waals surface area contributed by atoms with Crippen LogP contribution in [0.4, 0.5) is 11.4 Å². The fourth-order valence-corrected chi connectivity index (χ4v) is 3.34. The largest absolute Gasteiger partial charge is 0.275 e. The molecule has 0 spiro atoms. The summed E-state index contributed by atoms with van der Waals surface area (Å²) in [5.41, 5.74) is 2.19. The van der Waals surface area contributed by atoms with Crippen LogP contribution in [-0.4, -0.2) is 5.91 Å². The summed E-state index contributed by atoms with van der Waals surface area (Å²) >= 11 is 7.73. The Hall–Kier alpha value is -1.71. The third-order valence-corrected chi connectivity index (χ3v) is 4.42. The Morgan fingerprint density at radius 1 is 1.15 bits per heavy atom. The Labute approximate surface area is 127 Å². The summed E-state index contributed by atoms with van der Waals surface area (Å²) < 4.78 is 0. The van der Waals surface area contributed by atoms with E-state index in [1.807, 2.05) is 42.5 Å². The van der Waals surface area contributed by atoms with Crippen molar-refractivity contribution >= 4 is 40.6 Å². The second kappa shape index (κ2) is 5.00. The number of anilines is 2. The highest BCUT2D eigenvalue weighted by atomic mass is 35.5. The summed E-state index contributed by atoms with van der Waals surface area (Å²) in [5.74, 6) is -0.110. The quantitative estimate of drug-likeness (QED) is 0.687. The zero-order valence-corrected chi connectivity index (χ0v) is 12.5. The molecule has 2 nitrogen and oxygen atoms in total. The molecule has 0 aromatic heterocycles. The van der Waals surface area contributed by atoms with Gasteiger partial charge in [-0.15, -0.1) is 0 Å². The van der Waals surface area contributed by atoms with Crippen LogP contribution < -0.4 is 4.90 Å². The Bertz CT molecular complexity index is 726. The first-order valence-electron chi connectivity index (χ1n) is 6.14. The van der Waals surface area contributed by atoms with Crippen LogP contribution in [-0.2, 0) is 4.79 Å². The fraction of sp³-hybridized carbons (Fsp3) is 0.0625. The normalized spacial score (nSPS) is 12.6. The molecule has 0 atom stereocenters. The number of carbonyl (C=O) groups is 1. The molecule has 0 aliphatic carbocycles. The van der Waals surface area contributed by atoms with Crippen LogP contribution in [0.2, 0.25) is 5.02 Å². The van der Waals surface area contributed by atoms with Crippen molar-refractivity contribution in [1.82, 2.24) is 0 Å². The van der Waals surface area contributed by atoms with E-state index in [1.165, 1.54) is 0 Å². The molecule has 100 valence electrons. The second-order valence-electron chi connectivity index (χ2n) is 4.60. The maximum Gasteiger partial charge on any atom is 0.257 e. The van der Waals surface area contributed by atoms with Gasteiger partial charge in [-0.25, -0.2) is 0 Å². The standard InChI is InChI=1S/C16H12ClNOS/c1-10(2)16(19)18-12-5-3-4-6-14(12)20-15-8-7-11(17)9-13(15)18/h3-9H,1H2,2H3. The predicted octanol–water partition coefficient (Wildman–Crippen LogP) is 5.05. The van der Waals surface area contributed by atoms with Crippen molar-refractivity contribution < 1.29 is 4.79 Å². The first-order valence-corrected chi connectivity index (χ1v) is 7.34. The van der Waals surface area contributed by atoms with Gasteiger partial charge in [-0.2, -0.15) is 0 Å². The van der Waals surface area contributed by atoms with Crippen LogP contribution in [0.5, 0.6) is 0 Å². The molecule has 0 radical (unpaired) electrons. The van der Waals surface area contributed by atoms with Gasteiger partial charge in [0.05, 0.1) is 11.4 Å². The van der Waals surface area contributed by atoms with E-state index in [-0.39, 0.29) is 5.91 Å². The Balaban J connectivity index is 2.24. The molecule has 0 N–H and O–H groups in total. The number of fused-ring (bicyclic) bond motifs is 2. The van der Waals surface area contributed by atoms with Crippen molar-refractivity contribution in [3.8, 4) is 0 Å². The average molecular weight is 302 g/mol. The number of para-hydroxylation sites is 1. The van der Waals surface area contributed by atoms with Crippen LogP contribution >= 0.6 is 23.4 Å².